The Balaban J connectivity index is 1.60. The van der Waals surface area contributed by atoms with Crippen LogP contribution < -0.4 is 11.1 Å². The summed E-state index contributed by atoms with van der Waals surface area (Å²) in [5, 5.41) is 3.32. The van der Waals surface area contributed by atoms with Crippen molar-refractivity contribution in [3.63, 3.8) is 0 Å². The van der Waals surface area contributed by atoms with Gasteiger partial charge >= 0.3 is 0 Å². The van der Waals surface area contributed by atoms with Gasteiger partial charge in [0.15, 0.2) is 0 Å². The van der Waals surface area contributed by atoms with Gasteiger partial charge < -0.3 is 11.1 Å². The second-order valence-corrected chi connectivity index (χ2v) is 6.89. The van der Waals surface area contributed by atoms with E-state index in [9.17, 15) is 4.79 Å². The second-order valence-electron chi connectivity index (χ2n) is 6.89. The smallest absolute Gasteiger partial charge is 0.225 e. The van der Waals surface area contributed by atoms with E-state index in [0.29, 0.717) is 12.0 Å². The number of rotatable bonds is 2. The summed E-state index contributed by atoms with van der Waals surface area (Å²) in [6, 6.07) is 0.532. The highest BCUT2D eigenvalue weighted by atomic mass is 16.2. The van der Waals surface area contributed by atoms with E-state index >= 15 is 0 Å². The summed E-state index contributed by atoms with van der Waals surface area (Å²) in [5.41, 5.74) is 6.16. The quantitative estimate of drug-likeness (QED) is 0.788. The molecule has 6 unspecified atom stereocenters. The van der Waals surface area contributed by atoms with Crippen LogP contribution in [0.2, 0.25) is 0 Å². The lowest BCUT2D eigenvalue weighted by atomic mass is 9.76. The first-order valence-corrected chi connectivity index (χ1v) is 7.71. The van der Waals surface area contributed by atoms with E-state index < -0.39 is 0 Å². The first-order chi connectivity index (χ1) is 8.65. The molecule has 3 rings (SSSR count). The molecular formula is C15H26N2O. The topological polar surface area (TPSA) is 55.1 Å². The Morgan fingerprint density at radius 2 is 2.00 bits per heavy atom. The van der Waals surface area contributed by atoms with Crippen molar-refractivity contribution in [2.75, 3.05) is 0 Å². The van der Waals surface area contributed by atoms with Crippen molar-refractivity contribution < 1.29 is 4.79 Å². The van der Waals surface area contributed by atoms with Crippen LogP contribution >= 0.6 is 0 Å². The Hall–Kier alpha value is -0.570. The van der Waals surface area contributed by atoms with Crippen molar-refractivity contribution in [1.82, 2.24) is 5.32 Å². The second kappa shape index (κ2) is 4.84. The maximum absolute atomic E-state index is 12.5. The minimum atomic E-state index is 0.0536. The number of hydrogen-bond donors (Lipinski definition) is 2. The highest BCUT2D eigenvalue weighted by Crippen LogP contribution is 2.44. The molecule has 0 saturated heterocycles. The lowest BCUT2D eigenvalue weighted by Crippen LogP contribution is -2.50. The molecule has 6 atom stereocenters. The molecule has 0 radical (unpaired) electrons. The summed E-state index contributed by atoms with van der Waals surface area (Å²) in [6.45, 7) is 2.18. The van der Waals surface area contributed by atoms with Crippen LogP contribution in [0.25, 0.3) is 0 Å². The molecule has 0 aromatic carbocycles. The summed E-state index contributed by atoms with van der Waals surface area (Å²) in [5.74, 6) is 2.39. The molecule has 3 fully saturated rings. The number of hydrogen-bond acceptors (Lipinski definition) is 2. The van der Waals surface area contributed by atoms with Crippen LogP contribution in [0.1, 0.15) is 51.9 Å². The van der Waals surface area contributed by atoms with Crippen molar-refractivity contribution in [2.24, 2.45) is 29.4 Å². The van der Waals surface area contributed by atoms with Gasteiger partial charge in [-0.3, -0.25) is 4.79 Å². The normalized spacial score (nSPS) is 47.2. The first kappa shape index (κ1) is 12.5. The van der Waals surface area contributed by atoms with Crippen LogP contribution in [-0.4, -0.2) is 18.0 Å². The minimum Gasteiger partial charge on any atom is -0.353 e. The van der Waals surface area contributed by atoms with Gasteiger partial charge in [-0.25, -0.2) is 0 Å². The van der Waals surface area contributed by atoms with Gasteiger partial charge in [-0.15, -0.1) is 0 Å². The van der Waals surface area contributed by atoms with Crippen LogP contribution in [-0.2, 0) is 4.79 Å². The van der Waals surface area contributed by atoms with Crippen LogP contribution in [0.5, 0.6) is 0 Å². The minimum absolute atomic E-state index is 0.0536. The van der Waals surface area contributed by atoms with Gasteiger partial charge in [-0.1, -0.05) is 19.8 Å². The highest BCUT2D eigenvalue weighted by Gasteiger charge is 2.42. The van der Waals surface area contributed by atoms with Crippen molar-refractivity contribution in [3.8, 4) is 0 Å². The number of nitrogens with one attached hydrogen (secondary N) is 1. The van der Waals surface area contributed by atoms with E-state index in [0.717, 1.165) is 24.7 Å². The zero-order chi connectivity index (χ0) is 12.7. The Kier molecular flexibility index (Phi) is 3.35. The molecule has 18 heavy (non-hydrogen) atoms. The molecule has 0 aromatic heterocycles. The highest BCUT2D eigenvalue weighted by molar-refractivity contribution is 5.80. The fraction of sp³-hybridized carbons (Fsp3) is 0.933. The molecule has 3 saturated carbocycles. The standard InChI is InChI=1S/C15H26N2O/c1-9-3-2-4-12(16)14(9)15(18)17-13-8-10-5-6-11(13)7-10/h9-14H,2-8,16H2,1H3,(H,17,18). The molecule has 3 aliphatic rings. The largest absolute Gasteiger partial charge is 0.353 e. The molecule has 0 spiro atoms. The maximum atomic E-state index is 12.5. The molecule has 0 aromatic rings. The van der Waals surface area contributed by atoms with E-state index in [4.69, 9.17) is 5.73 Å². The van der Waals surface area contributed by atoms with Crippen molar-refractivity contribution in [1.29, 1.82) is 0 Å². The van der Waals surface area contributed by atoms with E-state index in [-0.39, 0.29) is 17.9 Å². The molecule has 0 heterocycles. The van der Waals surface area contributed by atoms with Crippen molar-refractivity contribution >= 4 is 5.91 Å². The number of carbonyl (C=O) groups is 1. The van der Waals surface area contributed by atoms with E-state index in [2.05, 4.69) is 12.2 Å². The Morgan fingerprint density at radius 1 is 1.17 bits per heavy atom. The molecule has 3 aliphatic carbocycles. The average Bonchev–Trinajstić information content (AvgIpc) is 2.90. The van der Waals surface area contributed by atoms with Gasteiger partial charge in [0, 0.05) is 12.1 Å². The van der Waals surface area contributed by atoms with Crippen LogP contribution in [0.4, 0.5) is 0 Å². The van der Waals surface area contributed by atoms with Gasteiger partial charge in [-0.2, -0.15) is 0 Å². The Bertz CT molecular complexity index is 320. The molecule has 102 valence electrons. The molecule has 1 amide bonds. The van der Waals surface area contributed by atoms with Gasteiger partial charge in [-0.05, 0) is 49.9 Å². The monoisotopic (exact) mass is 250 g/mol. The van der Waals surface area contributed by atoms with E-state index in [1.165, 1.54) is 32.1 Å². The van der Waals surface area contributed by atoms with Crippen molar-refractivity contribution in [3.05, 3.63) is 0 Å². The summed E-state index contributed by atoms with van der Waals surface area (Å²) >= 11 is 0. The predicted molar refractivity (Wildman–Crippen MR) is 71.9 cm³/mol. The van der Waals surface area contributed by atoms with Gasteiger partial charge in [0.2, 0.25) is 5.91 Å². The van der Waals surface area contributed by atoms with Gasteiger partial charge in [0.25, 0.3) is 0 Å². The molecule has 3 nitrogen and oxygen atoms in total. The summed E-state index contributed by atoms with van der Waals surface area (Å²) in [6.07, 6.45) is 8.62. The fourth-order valence-electron chi connectivity index (χ4n) is 4.61. The number of carbonyl (C=O) groups excluding carboxylic acids is 1. The zero-order valence-electron chi connectivity index (χ0n) is 11.4. The molecular weight excluding hydrogens is 224 g/mol. The Labute approximate surface area is 110 Å². The van der Waals surface area contributed by atoms with Gasteiger partial charge in [0.05, 0.1) is 5.92 Å². The van der Waals surface area contributed by atoms with Crippen LogP contribution in [0.3, 0.4) is 0 Å². The third kappa shape index (κ3) is 2.18. The molecule has 2 bridgehead atoms. The summed E-state index contributed by atoms with van der Waals surface area (Å²) in [7, 11) is 0. The molecule has 0 aliphatic heterocycles. The van der Waals surface area contributed by atoms with Crippen LogP contribution in [0.15, 0.2) is 0 Å². The maximum Gasteiger partial charge on any atom is 0.225 e. The number of fused-ring (bicyclic) bond motifs is 2. The third-order valence-corrected chi connectivity index (χ3v) is 5.64. The lowest BCUT2D eigenvalue weighted by Gasteiger charge is -2.35. The van der Waals surface area contributed by atoms with E-state index in [1.807, 2.05) is 0 Å². The average molecular weight is 250 g/mol. The number of amides is 1. The molecule has 3 N–H and O–H groups in total. The third-order valence-electron chi connectivity index (χ3n) is 5.64. The van der Waals surface area contributed by atoms with Crippen LogP contribution in [0, 0.1) is 23.7 Å². The Morgan fingerprint density at radius 3 is 2.61 bits per heavy atom. The number of nitrogens with two attached hydrogens (primary N) is 1. The summed E-state index contributed by atoms with van der Waals surface area (Å²) < 4.78 is 0. The summed E-state index contributed by atoms with van der Waals surface area (Å²) in [4.78, 5) is 12.5. The molecule has 3 heteroatoms. The first-order valence-electron chi connectivity index (χ1n) is 7.71. The predicted octanol–water partition coefficient (Wildman–Crippen LogP) is 2.05. The zero-order valence-corrected chi connectivity index (χ0v) is 11.4. The lowest BCUT2D eigenvalue weighted by molar-refractivity contribution is -0.129. The van der Waals surface area contributed by atoms with Gasteiger partial charge in [0.1, 0.15) is 0 Å². The fourth-order valence-corrected chi connectivity index (χ4v) is 4.61. The SMILES string of the molecule is CC1CCCC(N)C1C(=O)NC1CC2CCC1C2. The van der Waals surface area contributed by atoms with E-state index in [1.54, 1.807) is 0 Å². The van der Waals surface area contributed by atoms with Crippen molar-refractivity contribution in [2.45, 2.75) is 64.0 Å².